The lowest BCUT2D eigenvalue weighted by molar-refractivity contribution is -0.564. The van der Waals surface area contributed by atoms with E-state index < -0.39 is 0 Å². The van der Waals surface area contributed by atoms with Gasteiger partial charge in [-0.25, -0.2) is 0 Å². The summed E-state index contributed by atoms with van der Waals surface area (Å²) in [5.41, 5.74) is 0. The van der Waals surface area contributed by atoms with Crippen LogP contribution in [0, 0.1) is 5.92 Å². The largest absolute Gasteiger partial charge is 0.166 e. The van der Waals surface area contributed by atoms with Crippen LogP contribution in [0.4, 0.5) is 0 Å². The van der Waals surface area contributed by atoms with Gasteiger partial charge in [0.15, 0.2) is 6.04 Å². The van der Waals surface area contributed by atoms with Crippen molar-refractivity contribution in [1.29, 1.82) is 0 Å². The molecule has 1 atom stereocenters. The highest BCUT2D eigenvalue weighted by Gasteiger charge is 2.11. The molecule has 0 N–H and O–H groups in total. The van der Waals surface area contributed by atoms with Crippen molar-refractivity contribution in [3.05, 3.63) is 0 Å². The molecule has 0 aliphatic heterocycles. The Morgan fingerprint density at radius 2 is 1.58 bits per heavy atom. The first-order valence-corrected chi connectivity index (χ1v) is 4.45. The van der Waals surface area contributed by atoms with E-state index in [9.17, 15) is 0 Å². The highest BCUT2D eigenvalue weighted by Crippen LogP contribution is 2.05. The predicted molar refractivity (Wildman–Crippen MR) is 51.7 cm³/mol. The third-order valence-electron chi connectivity index (χ3n) is 1.91. The summed E-state index contributed by atoms with van der Waals surface area (Å²) in [6.45, 7) is 14.1. The van der Waals surface area contributed by atoms with Gasteiger partial charge in [0.2, 0.25) is 0 Å². The van der Waals surface area contributed by atoms with Crippen molar-refractivity contribution in [3.8, 4) is 0 Å². The van der Waals surface area contributed by atoms with Crippen molar-refractivity contribution in [2.24, 2.45) is 16.3 Å². The first-order valence-electron chi connectivity index (χ1n) is 4.45. The summed E-state index contributed by atoms with van der Waals surface area (Å²) in [7, 11) is 0. The number of hydrogen-bond acceptors (Lipinski definition) is 2. The van der Waals surface area contributed by atoms with E-state index >= 15 is 0 Å². The molecule has 0 aliphatic carbocycles. The molecule has 0 radical (unpaired) electrons. The zero-order valence-corrected chi connectivity index (χ0v) is 8.78. The topological polar surface area (TPSA) is 27.7 Å². The Labute approximate surface area is 75.2 Å². The summed E-state index contributed by atoms with van der Waals surface area (Å²) in [6.07, 6.45) is 0. The van der Waals surface area contributed by atoms with Crippen LogP contribution in [-0.4, -0.2) is 23.5 Å². The van der Waals surface area contributed by atoms with E-state index in [-0.39, 0.29) is 6.04 Å². The van der Waals surface area contributed by atoms with E-state index in [0.717, 1.165) is 0 Å². The van der Waals surface area contributed by atoms with Gasteiger partial charge in [0.05, 0.1) is 6.72 Å². The van der Waals surface area contributed by atoms with Crippen molar-refractivity contribution >= 4 is 6.72 Å². The summed E-state index contributed by atoms with van der Waals surface area (Å²) < 4.78 is 1.62. The maximum atomic E-state index is 4.13. The van der Waals surface area contributed by atoms with E-state index in [4.69, 9.17) is 0 Å². The van der Waals surface area contributed by atoms with Gasteiger partial charge >= 0.3 is 0 Å². The average Bonchev–Trinajstić information content (AvgIpc) is 1.98. The van der Waals surface area contributed by atoms with Gasteiger partial charge in [-0.05, 0) is 20.8 Å². The zero-order valence-electron chi connectivity index (χ0n) is 8.78. The molecule has 0 saturated heterocycles. The summed E-state index contributed by atoms with van der Waals surface area (Å²) in [4.78, 5) is 0. The van der Waals surface area contributed by atoms with E-state index in [2.05, 4.69) is 37.8 Å². The average molecular weight is 170 g/mol. The molecule has 0 saturated carbocycles. The van der Waals surface area contributed by atoms with Crippen LogP contribution in [-0.2, 0) is 0 Å². The number of nitrogens with zero attached hydrogens (tertiary/aromatic N) is 3. The van der Waals surface area contributed by atoms with Gasteiger partial charge in [0.25, 0.3) is 0 Å². The van der Waals surface area contributed by atoms with Crippen molar-refractivity contribution in [3.63, 3.8) is 0 Å². The molecule has 0 amide bonds. The molecule has 1 unspecified atom stereocenters. The smallest absolute Gasteiger partial charge is 0.143 e. The molecule has 3 heteroatoms. The third-order valence-corrected chi connectivity index (χ3v) is 1.91. The fourth-order valence-electron chi connectivity index (χ4n) is 0.384. The molecule has 70 valence electrons. The molecule has 0 aliphatic rings. The van der Waals surface area contributed by atoms with Gasteiger partial charge < -0.3 is 0 Å². The van der Waals surface area contributed by atoms with Gasteiger partial charge in [-0.3, -0.25) is 0 Å². The minimum Gasteiger partial charge on any atom is -0.143 e. The maximum Gasteiger partial charge on any atom is 0.166 e. The highest BCUT2D eigenvalue weighted by molar-refractivity contribution is 5.14. The van der Waals surface area contributed by atoms with Crippen LogP contribution < -0.4 is 0 Å². The SMILES string of the molecule is C=[N+](/N=N\C(C)C(C)C)C(C)C. The van der Waals surface area contributed by atoms with Crippen LogP contribution in [0.25, 0.3) is 0 Å². The van der Waals surface area contributed by atoms with Crippen molar-refractivity contribution in [2.75, 3.05) is 0 Å². The van der Waals surface area contributed by atoms with E-state index in [0.29, 0.717) is 12.0 Å². The van der Waals surface area contributed by atoms with Crippen molar-refractivity contribution in [1.82, 2.24) is 0 Å². The molecule has 0 rings (SSSR count). The molecular weight excluding hydrogens is 150 g/mol. The Bertz CT molecular complexity index is 171. The predicted octanol–water partition coefficient (Wildman–Crippen LogP) is 2.52. The van der Waals surface area contributed by atoms with Crippen LogP contribution >= 0.6 is 0 Å². The van der Waals surface area contributed by atoms with E-state index in [1.807, 2.05) is 13.8 Å². The molecule has 0 fully saturated rings. The number of rotatable bonds is 4. The molecule has 3 nitrogen and oxygen atoms in total. The van der Waals surface area contributed by atoms with Gasteiger partial charge in [0.1, 0.15) is 11.3 Å². The van der Waals surface area contributed by atoms with Gasteiger partial charge in [-0.15, -0.1) is 4.68 Å². The van der Waals surface area contributed by atoms with Crippen LogP contribution in [0.3, 0.4) is 0 Å². The van der Waals surface area contributed by atoms with Crippen LogP contribution in [0.1, 0.15) is 34.6 Å². The quantitative estimate of drug-likeness (QED) is 0.268. The summed E-state index contributed by atoms with van der Waals surface area (Å²) >= 11 is 0. The highest BCUT2D eigenvalue weighted by atomic mass is 15.5. The van der Waals surface area contributed by atoms with Crippen LogP contribution in [0.2, 0.25) is 0 Å². The maximum absolute atomic E-state index is 4.13. The van der Waals surface area contributed by atoms with Crippen molar-refractivity contribution in [2.45, 2.75) is 46.7 Å². The standard InChI is InChI=1S/C9H20N3/c1-7(2)9(5)10-11-12(6)8(3)4/h7-9H,6H2,1-5H3/q+1/b11-10-. The van der Waals surface area contributed by atoms with E-state index in [1.54, 1.807) is 4.68 Å². The fourth-order valence-corrected chi connectivity index (χ4v) is 0.384. The summed E-state index contributed by atoms with van der Waals surface area (Å²) in [5, 5.41) is 8.13. The lowest BCUT2D eigenvalue weighted by atomic mass is 10.1. The minimum absolute atomic E-state index is 0.271. The molecule has 0 heterocycles. The van der Waals surface area contributed by atoms with Crippen LogP contribution in [0.15, 0.2) is 10.3 Å². The third kappa shape index (κ3) is 4.21. The van der Waals surface area contributed by atoms with E-state index in [1.165, 1.54) is 0 Å². The molecular formula is C9H20N3+. The molecule has 0 aromatic carbocycles. The Kier molecular flexibility index (Phi) is 4.71. The summed E-state index contributed by atoms with van der Waals surface area (Å²) in [5.74, 6) is 0.536. The second kappa shape index (κ2) is 5.01. The first-order chi connectivity index (χ1) is 5.45. The second-order valence-electron chi connectivity index (χ2n) is 3.72. The summed E-state index contributed by atoms with van der Waals surface area (Å²) in [6, 6.07) is 0.584. The minimum atomic E-state index is 0.271. The van der Waals surface area contributed by atoms with Crippen LogP contribution in [0.5, 0.6) is 0 Å². The Balaban J connectivity index is 3.98. The zero-order chi connectivity index (χ0) is 9.72. The Hall–Kier alpha value is -0.730. The second-order valence-corrected chi connectivity index (χ2v) is 3.72. The van der Waals surface area contributed by atoms with Crippen molar-refractivity contribution < 1.29 is 4.68 Å². The first kappa shape index (κ1) is 11.3. The lowest BCUT2D eigenvalue weighted by Gasteiger charge is -2.02. The molecule has 0 spiro atoms. The fraction of sp³-hybridized carbons (Fsp3) is 0.889. The number of hydrogen-bond donors (Lipinski definition) is 0. The van der Waals surface area contributed by atoms with Gasteiger partial charge in [0, 0.05) is 11.0 Å². The molecule has 0 aromatic heterocycles. The Morgan fingerprint density at radius 3 is 1.92 bits per heavy atom. The van der Waals surface area contributed by atoms with Gasteiger partial charge in [-0.2, -0.15) is 0 Å². The molecule has 0 aromatic rings. The monoisotopic (exact) mass is 170 g/mol. The van der Waals surface area contributed by atoms with Gasteiger partial charge in [-0.1, -0.05) is 13.8 Å². The Morgan fingerprint density at radius 1 is 1.08 bits per heavy atom. The molecule has 12 heavy (non-hydrogen) atoms. The molecule has 0 bridgehead atoms. The normalized spacial score (nSPS) is 14.6. The lowest BCUT2D eigenvalue weighted by Crippen LogP contribution is -2.13.